The zero-order chi connectivity index (χ0) is 14.9. The molecular formula is C13H14Br2FN3O. The zero-order valence-corrected chi connectivity index (χ0v) is 14.3. The summed E-state index contributed by atoms with van der Waals surface area (Å²) in [5, 5.41) is 4.39. The second-order valence-electron chi connectivity index (χ2n) is 4.26. The molecule has 4 nitrogen and oxygen atoms in total. The summed E-state index contributed by atoms with van der Waals surface area (Å²) in [6.07, 6.45) is 0. The maximum absolute atomic E-state index is 13.2. The fourth-order valence-corrected chi connectivity index (χ4v) is 2.84. The molecule has 0 amide bonds. The number of benzene rings is 1. The number of aryl methyl sites for hydroxylation is 2. The predicted octanol–water partition coefficient (Wildman–Crippen LogP) is 4.04. The standard InChI is InChI=1S/C13H14Br2FN3O/c1-3-19-11(12(15)7(2)18-19)6-20-13-9(14)4-8(16)5-10(13)17/h4-5H,3,6,17H2,1-2H3. The first-order chi connectivity index (χ1) is 9.43. The molecule has 0 aliphatic carbocycles. The van der Waals surface area contributed by atoms with Gasteiger partial charge in [-0.25, -0.2) is 4.39 Å². The Balaban J connectivity index is 2.26. The molecule has 0 saturated heterocycles. The summed E-state index contributed by atoms with van der Waals surface area (Å²) in [6.45, 7) is 4.96. The largest absolute Gasteiger partial charge is 0.484 e. The Morgan fingerprint density at radius 3 is 2.70 bits per heavy atom. The molecule has 0 fully saturated rings. The van der Waals surface area contributed by atoms with Crippen LogP contribution in [0.4, 0.5) is 10.1 Å². The number of nitrogens with two attached hydrogens (primary N) is 1. The molecular weight excluding hydrogens is 393 g/mol. The molecule has 0 radical (unpaired) electrons. The fraction of sp³-hybridized carbons (Fsp3) is 0.308. The molecule has 1 heterocycles. The van der Waals surface area contributed by atoms with Crippen molar-refractivity contribution in [1.29, 1.82) is 0 Å². The van der Waals surface area contributed by atoms with Crippen LogP contribution in [0.1, 0.15) is 18.3 Å². The van der Waals surface area contributed by atoms with Crippen LogP contribution in [-0.2, 0) is 13.2 Å². The van der Waals surface area contributed by atoms with Crippen LogP contribution in [0.2, 0.25) is 0 Å². The Kier molecular flexibility index (Phi) is 4.70. The highest BCUT2D eigenvalue weighted by atomic mass is 79.9. The van der Waals surface area contributed by atoms with Gasteiger partial charge in [0, 0.05) is 12.6 Å². The van der Waals surface area contributed by atoms with Gasteiger partial charge in [-0.05, 0) is 51.8 Å². The average Bonchev–Trinajstić information content (AvgIpc) is 2.64. The van der Waals surface area contributed by atoms with E-state index in [-0.39, 0.29) is 5.69 Å². The molecule has 2 rings (SSSR count). The number of nitrogen functional groups attached to an aromatic ring is 1. The first-order valence-corrected chi connectivity index (χ1v) is 7.61. The number of anilines is 1. The van der Waals surface area contributed by atoms with E-state index in [4.69, 9.17) is 10.5 Å². The minimum Gasteiger partial charge on any atom is -0.484 e. The molecule has 2 aromatic rings. The minimum absolute atomic E-state index is 0.257. The molecule has 0 spiro atoms. The minimum atomic E-state index is -0.405. The second-order valence-corrected chi connectivity index (χ2v) is 5.90. The van der Waals surface area contributed by atoms with Gasteiger partial charge in [0.15, 0.2) is 5.75 Å². The van der Waals surface area contributed by atoms with Crippen molar-refractivity contribution in [3.8, 4) is 5.75 Å². The van der Waals surface area contributed by atoms with E-state index in [9.17, 15) is 4.39 Å². The van der Waals surface area contributed by atoms with E-state index < -0.39 is 5.82 Å². The lowest BCUT2D eigenvalue weighted by atomic mass is 10.3. The highest BCUT2D eigenvalue weighted by molar-refractivity contribution is 9.10. The van der Waals surface area contributed by atoms with Crippen molar-refractivity contribution in [3.63, 3.8) is 0 Å². The predicted molar refractivity (Wildman–Crippen MR) is 83.2 cm³/mol. The summed E-state index contributed by atoms with van der Waals surface area (Å²) in [6, 6.07) is 2.56. The van der Waals surface area contributed by atoms with Crippen LogP contribution < -0.4 is 10.5 Å². The monoisotopic (exact) mass is 405 g/mol. The molecule has 1 aromatic carbocycles. The summed E-state index contributed by atoms with van der Waals surface area (Å²) >= 11 is 6.75. The fourth-order valence-electron chi connectivity index (χ4n) is 1.88. The SMILES string of the molecule is CCn1nc(C)c(Br)c1COc1c(N)cc(F)cc1Br. The van der Waals surface area contributed by atoms with E-state index in [1.165, 1.54) is 12.1 Å². The number of halogens is 3. The average molecular weight is 407 g/mol. The van der Waals surface area contributed by atoms with Gasteiger partial charge in [-0.2, -0.15) is 5.10 Å². The van der Waals surface area contributed by atoms with Crippen molar-refractivity contribution in [1.82, 2.24) is 9.78 Å². The van der Waals surface area contributed by atoms with Gasteiger partial charge in [0.1, 0.15) is 12.4 Å². The van der Waals surface area contributed by atoms with E-state index in [0.717, 1.165) is 22.4 Å². The molecule has 0 aliphatic heterocycles. The highest BCUT2D eigenvalue weighted by Gasteiger charge is 2.15. The number of hydrogen-bond donors (Lipinski definition) is 1. The Morgan fingerprint density at radius 2 is 2.10 bits per heavy atom. The van der Waals surface area contributed by atoms with Crippen LogP contribution in [0.15, 0.2) is 21.1 Å². The summed E-state index contributed by atoms with van der Waals surface area (Å²) in [4.78, 5) is 0. The number of ether oxygens (including phenoxy) is 1. The van der Waals surface area contributed by atoms with Gasteiger partial charge in [-0.1, -0.05) is 0 Å². The molecule has 0 atom stereocenters. The number of aromatic nitrogens is 2. The molecule has 0 saturated carbocycles. The first kappa shape index (κ1) is 15.3. The molecule has 1 aromatic heterocycles. The zero-order valence-electron chi connectivity index (χ0n) is 11.1. The normalized spacial score (nSPS) is 10.8. The van der Waals surface area contributed by atoms with Gasteiger partial charge >= 0.3 is 0 Å². The molecule has 2 N–H and O–H groups in total. The van der Waals surface area contributed by atoms with E-state index in [2.05, 4.69) is 37.0 Å². The molecule has 7 heteroatoms. The lowest BCUT2D eigenvalue weighted by Crippen LogP contribution is -2.08. The van der Waals surface area contributed by atoms with Crippen LogP contribution in [0.25, 0.3) is 0 Å². The van der Waals surface area contributed by atoms with E-state index in [1.807, 2.05) is 18.5 Å². The number of rotatable bonds is 4. The van der Waals surface area contributed by atoms with E-state index >= 15 is 0 Å². The Bertz CT molecular complexity index is 620. The van der Waals surface area contributed by atoms with Gasteiger partial charge in [-0.15, -0.1) is 0 Å². The Labute approximate surface area is 133 Å². The van der Waals surface area contributed by atoms with Gasteiger partial charge in [0.2, 0.25) is 0 Å². The van der Waals surface area contributed by atoms with Gasteiger partial charge in [0.05, 0.1) is 26.0 Å². The molecule has 0 bridgehead atoms. The lowest BCUT2D eigenvalue weighted by molar-refractivity contribution is 0.291. The van der Waals surface area contributed by atoms with E-state index in [0.29, 0.717) is 16.8 Å². The van der Waals surface area contributed by atoms with Crippen LogP contribution in [0, 0.1) is 12.7 Å². The third kappa shape index (κ3) is 2.98. The van der Waals surface area contributed by atoms with Gasteiger partial charge in [0.25, 0.3) is 0 Å². The third-order valence-electron chi connectivity index (χ3n) is 2.84. The maximum Gasteiger partial charge on any atom is 0.157 e. The second kappa shape index (κ2) is 6.13. The molecule has 0 unspecified atom stereocenters. The van der Waals surface area contributed by atoms with Crippen molar-refractivity contribution >= 4 is 37.5 Å². The van der Waals surface area contributed by atoms with Gasteiger partial charge in [-0.3, -0.25) is 4.68 Å². The topological polar surface area (TPSA) is 53.1 Å². The molecule has 0 aliphatic rings. The summed E-state index contributed by atoms with van der Waals surface area (Å²) in [5.74, 6) is 0.0251. The van der Waals surface area contributed by atoms with Crippen LogP contribution in [-0.4, -0.2) is 9.78 Å². The van der Waals surface area contributed by atoms with Crippen molar-refractivity contribution in [2.45, 2.75) is 27.0 Å². The van der Waals surface area contributed by atoms with Crippen molar-refractivity contribution in [2.24, 2.45) is 0 Å². The van der Waals surface area contributed by atoms with Crippen LogP contribution in [0.3, 0.4) is 0 Å². The molecule has 108 valence electrons. The number of hydrogen-bond acceptors (Lipinski definition) is 3. The van der Waals surface area contributed by atoms with Crippen molar-refractivity contribution < 1.29 is 9.13 Å². The van der Waals surface area contributed by atoms with Crippen molar-refractivity contribution in [3.05, 3.63) is 38.3 Å². The van der Waals surface area contributed by atoms with Crippen molar-refractivity contribution in [2.75, 3.05) is 5.73 Å². The smallest absolute Gasteiger partial charge is 0.157 e. The first-order valence-electron chi connectivity index (χ1n) is 6.03. The summed E-state index contributed by atoms with van der Waals surface area (Å²) in [7, 11) is 0. The summed E-state index contributed by atoms with van der Waals surface area (Å²) < 4.78 is 22.1. The maximum atomic E-state index is 13.2. The quantitative estimate of drug-likeness (QED) is 0.779. The number of nitrogens with zero attached hydrogens (tertiary/aromatic N) is 2. The third-order valence-corrected chi connectivity index (χ3v) is 4.46. The Morgan fingerprint density at radius 1 is 1.40 bits per heavy atom. The van der Waals surface area contributed by atoms with E-state index in [1.54, 1.807) is 0 Å². The Hall–Kier alpha value is -1.08. The summed E-state index contributed by atoms with van der Waals surface area (Å²) in [5.41, 5.74) is 7.84. The highest BCUT2D eigenvalue weighted by Crippen LogP contribution is 2.33. The van der Waals surface area contributed by atoms with Crippen LogP contribution >= 0.6 is 31.9 Å². The molecule has 20 heavy (non-hydrogen) atoms. The van der Waals surface area contributed by atoms with Gasteiger partial charge < -0.3 is 10.5 Å². The van der Waals surface area contributed by atoms with Crippen LogP contribution in [0.5, 0.6) is 5.75 Å². The lowest BCUT2D eigenvalue weighted by Gasteiger charge is -2.12.